The van der Waals surface area contributed by atoms with Gasteiger partial charge in [0.15, 0.2) is 5.96 Å². The maximum absolute atomic E-state index is 5.81. The summed E-state index contributed by atoms with van der Waals surface area (Å²) in [6, 6.07) is 8.15. The third-order valence-electron chi connectivity index (χ3n) is 2.71. The average molecular weight is 279 g/mol. The molecule has 0 unspecified atom stereocenters. The Labute approximate surface area is 121 Å². The van der Waals surface area contributed by atoms with Gasteiger partial charge in [0, 0.05) is 26.9 Å². The number of nitrogens with two attached hydrogens (primary N) is 1. The molecule has 1 aromatic carbocycles. The summed E-state index contributed by atoms with van der Waals surface area (Å²) in [4.78, 5) is 4.32. The second-order valence-corrected chi connectivity index (χ2v) is 4.43. The van der Waals surface area contributed by atoms with Crippen molar-refractivity contribution in [3.63, 3.8) is 0 Å². The standard InChI is InChI=1S/C15H25N3O2/c1-3-20-9-5-8-17-15(16)18-11-13-6-4-7-14(10-13)12-19-2/h4,6-7,10H,3,5,8-9,11-12H2,1-2H3,(H3,16,17,18). The zero-order valence-corrected chi connectivity index (χ0v) is 12.4. The minimum Gasteiger partial charge on any atom is -0.382 e. The Hall–Kier alpha value is -1.59. The first kappa shape index (κ1) is 16.5. The van der Waals surface area contributed by atoms with E-state index < -0.39 is 0 Å². The van der Waals surface area contributed by atoms with Crippen molar-refractivity contribution in [3.05, 3.63) is 35.4 Å². The number of guanidine groups is 1. The summed E-state index contributed by atoms with van der Waals surface area (Å²) in [7, 11) is 1.69. The van der Waals surface area contributed by atoms with E-state index in [9.17, 15) is 0 Å². The Balaban J connectivity index is 2.32. The molecule has 0 atom stereocenters. The topological polar surface area (TPSA) is 68.9 Å². The highest BCUT2D eigenvalue weighted by Crippen LogP contribution is 2.07. The Morgan fingerprint density at radius 1 is 1.35 bits per heavy atom. The molecule has 0 heterocycles. The van der Waals surface area contributed by atoms with E-state index in [2.05, 4.69) is 16.4 Å². The van der Waals surface area contributed by atoms with E-state index in [1.54, 1.807) is 7.11 Å². The predicted octanol–water partition coefficient (Wildman–Crippen LogP) is 1.66. The van der Waals surface area contributed by atoms with Crippen molar-refractivity contribution in [2.75, 3.05) is 26.9 Å². The lowest BCUT2D eigenvalue weighted by Crippen LogP contribution is -2.32. The molecule has 1 rings (SSSR count). The molecular formula is C15H25N3O2. The summed E-state index contributed by atoms with van der Waals surface area (Å²) in [5.41, 5.74) is 8.07. The van der Waals surface area contributed by atoms with Gasteiger partial charge in [0.2, 0.25) is 0 Å². The van der Waals surface area contributed by atoms with Crippen molar-refractivity contribution in [1.29, 1.82) is 0 Å². The van der Waals surface area contributed by atoms with Crippen LogP contribution in [0.25, 0.3) is 0 Å². The number of ether oxygens (including phenoxy) is 2. The van der Waals surface area contributed by atoms with Crippen molar-refractivity contribution in [1.82, 2.24) is 5.32 Å². The first-order valence-electron chi connectivity index (χ1n) is 6.94. The van der Waals surface area contributed by atoms with E-state index in [4.69, 9.17) is 15.2 Å². The lowest BCUT2D eigenvalue weighted by Gasteiger charge is -2.06. The second kappa shape index (κ2) is 10.2. The molecule has 20 heavy (non-hydrogen) atoms. The molecule has 0 radical (unpaired) electrons. The molecule has 0 amide bonds. The number of hydrogen-bond donors (Lipinski definition) is 2. The van der Waals surface area contributed by atoms with Crippen molar-refractivity contribution >= 4 is 5.96 Å². The fourth-order valence-electron chi connectivity index (χ4n) is 1.75. The summed E-state index contributed by atoms with van der Waals surface area (Å²) in [5.74, 6) is 0.471. The Kier molecular flexibility index (Phi) is 8.42. The minimum atomic E-state index is 0.471. The molecule has 0 saturated heterocycles. The fourth-order valence-corrected chi connectivity index (χ4v) is 1.75. The lowest BCUT2D eigenvalue weighted by molar-refractivity contribution is 0.145. The van der Waals surface area contributed by atoms with Crippen LogP contribution in [0.4, 0.5) is 0 Å². The highest BCUT2D eigenvalue weighted by molar-refractivity contribution is 5.77. The van der Waals surface area contributed by atoms with Crippen LogP contribution < -0.4 is 11.1 Å². The zero-order chi connectivity index (χ0) is 14.6. The normalized spacial score (nSPS) is 11.6. The molecule has 0 aromatic heterocycles. The smallest absolute Gasteiger partial charge is 0.188 e. The highest BCUT2D eigenvalue weighted by atomic mass is 16.5. The molecule has 3 N–H and O–H groups in total. The molecule has 0 fully saturated rings. The third kappa shape index (κ3) is 7.11. The minimum absolute atomic E-state index is 0.471. The molecule has 0 aliphatic carbocycles. The van der Waals surface area contributed by atoms with Gasteiger partial charge in [0.05, 0.1) is 13.2 Å². The van der Waals surface area contributed by atoms with Crippen LogP contribution in [-0.2, 0) is 22.6 Å². The van der Waals surface area contributed by atoms with Gasteiger partial charge in [-0.05, 0) is 24.5 Å². The van der Waals surface area contributed by atoms with Crippen molar-refractivity contribution < 1.29 is 9.47 Å². The van der Waals surface area contributed by atoms with Crippen LogP contribution in [-0.4, -0.2) is 32.8 Å². The molecule has 0 saturated carbocycles. The highest BCUT2D eigenvalue weighted by Gasteiger charge is 1.96. The van der Waals surface area contributed by atoms with Crippen molar-refractivity contribution in [3.8, 4) is 0 Å². The van der Waals surface area contributed by atoms with Crippen molar-refractivity contribution in [2.45, 2.75) is 26.5 Å². The first-order valence-corrected chi connectivity index (χ1v) is 6.94. The number of benzene rings is 1. The van der Waals surface area contributed by atoms with Gasteiger partial charge in [-0.2, -0.15) is 0 Å². The molecule has 0 aliphatic rings. The first-order chi connectivity index (χ1) is 9.76. The maximum atomic E-state index is 5.81. The number of nitrogens with one attached hydrogen (secondary N) is 1. The number of nitrogens with zero attached hydrogens (tertiary/aromatic N) is 1. The van der Waals surface area contributed by atoms with Crippen LogP contribution in [0.1, 0.15) is 24.5 Å². The molecule has 0 spiro atoms. The van der Waals surface area contributed by atoms with Gasteiger partial charge in [-0.25, -0.2) is 4.99 Å². The van der Waals surface area contributed by atoms with E-state index in [0.717, 1.165) is 37.3 Å². The maximum Gasteiger partial charge on any atom is 0.188 e. The Bertz CT molecular complexity index is 408. The van der Waals surface area contributed by atoms with Crippen LogP contribution in [0.5, 0.6) is 0 Å². The Morgan fingerprint density at radius 2 is 2.15 bits per heavy atom. The number of hydrogen-bond acceptors (Lipinski definition) is 3. The van der Waals surface area contributed by atoms with Gasteiger partial charge >= 0.3 is 0 Å². The van der Waals surface area contributed by atoms with Gasteiger partial charge < -0.3 is 20.5 Å². The molecule has 0 bridgehead atoms. The van der Waals surface area contributed by atoms with Gasteiger partial charge in [0.25, 0.3) is 0 Å². The monoisotopic (exact) mass is 279 g/mol. The Morgan fingerprint density at radius 3 is 2.90 bits per heavy atom. The summed E-state index contributed by atoms with van der Waals surface area (Å²) >= 11 is 0. The van der Waals surface area contributed by atoms with E-state index >= 15 is 0 Å². The molecule has 0 aliphatic heterocycles. The summed E-state index contributed by atoms with van der Waals surface area (Å²) in [5, 5.41) is 3.07. The van der Waals surface area contributed by atoms with Crippen LogP contribution in [0.3, 0.4) is 0 Å². The van der Waals surface area contributed by atoms with Gasteiger partial charge in [0.1, 0.15) is 0 Å². The number of rotatable bonds is 9. The van der Waals surface area contributed by atoms with Crippen LogP contribution in [0.15, 0.2) is 29.3 Å². The van der Waals surface area contributed by atoms with E-state index in [0.29, 0.717) is 19.1 Å². The molecule has 5 nitrogen and oxygen atoms in total. The van der Waals surface area contributed by atoms with Crippen LogP contribution in [0, 0.1) is 0 Å². The average Bonchev–Trinajstić information content (AvgIpc) is 2.46. The van der Waals surface area contributed by atoms with Crippen molar-refractivity contribution in [2.24, 2.45) is 10.7 Å². The van der Waals surface area contributed by atoms with E-state index in [1.165, 1.54) is 0 Å². The van der Waals surface area contributed by atoms with Crippen LogP contribution in [0.2, 0.25) is 0 Å². The summed E-state index contributed by atoms with van der Waals surface area (Å²) in [6.07, 6.45) is 0.924. The predicted molar refractivity (Wildman–Crippen MR) is 81.6 cm³/mol. The quantitative estimate of drug-likeness (QED) is 0.410. The SMILES string of the molecule is CCOCCCNC(N)=NCc1cccc(COC)c1. The van der Waals surface area contributed by atoms with E-state index in [1.807, 2.05) is 25.1 Å². The fraction of sp³-hybridized carbons (Fsp3) is 0.533. The van der Waals surface area contributed by atoms with Crippen LogP contribution >= 0.6 is 0 Å². The molecular weight excluding hydrogens is 254 g/mol. The summed E-state index contributed by atoms with van der Waals surface area (Å²) in [6.45, 7) is 5.45. The second-order valence-electron chi connectivity index (χ2n) is 4.43. The lowest BCUT2D eigenvalue weighted by atomic mass is 10.1. The number of methoxy groups -OCH3 is 1. The molecule has 5 heteroatoms. The van der Waals surface area contributed by atoms with Gasteiger partial charge in [-0.15, -0.1) is 0 Å². The number of aliphatic imine (C=N–C) groups is 1. The molecule has 112 valence electrons. The van der Waals surface area contributed by atoms with Gasteiger partial charge in [-0.1, -0.05) is 24.3 Å². The largest absolute Gasteiger partial charge is 0.382 e. The zero-order valence-electron chi connectivity index (χ0n) is 12.4. The van der Waals surface area contributed by atoms with E-state index in [-0.39, 0.29) is 0 Å². The third-order valence-corrected chi connectivity index (χ3v) is 2.71. The molecule has 1 aromatic rings. The van der Waals surface area contributed by atoms with Gasteiger partial charge in [-0.3, -0.25) is 0 Å². The summed E-state index contributed by atoms with van der Waals surface area (Å²) < 4.78 is 10.4.